The van der Waals surface area contributed by atoms with Crippen LogP contribution in [0.4, 0.5) is 0 Å². The van der Waals surface area contributed by atoms with Gasteiger partial charge >= 0.3 is 0 Å². The number of Topliss-reactive ketones (excluding diaryl/α,β-unsaturated/α-hetero) is 1. The van der Waals surface area contributed by atoms with E-state index in [1.165, 1.54) is 6.42 Å². The van der Waals surface area contributed by atoms with Gasteiger partial charge in [0.15, 0.2) is 0 Å². The largest absolute Gasteiger partial charge is 0.335 e. The molecule has 0 aliphatic rings. The minimum absolute atomic E-state index is 0. The molecule has 1 radical (unpaired) electrons. The Morgan fingerprint density at radius 1 is 1.56 bits per heavy atom. The normalized spacial score (nSPS) is 7.78. The second-order valence-electron chi connectivity index (χ2n) is 1.96. The molecule has 0 aromatic rings. The molecular formula is C7H13OY-. The number of hydrogen-bond acceptors (Lipinski definition) is 1. The average Bonchev–Trinajstić information content (AvgIpc) is 1.66. The Labute approximate surface area is 82.5 Å². The first kappa shape index (κ1) is 12.3. The van der Waals surface area contributed by atoms with Gasteiger partial charge in [0.2, 0.25) is 0 Å². The molecule has 0 fully saturated rings. The van der Waals surface area contributed by atoms with Crippen molar-refractivity contribution in [2.24, 2.45) is 0 Å². The van der Waals surface area contributed by atoms with Gasteiger partial charge in [-0.3, -0.25) is 0 Å². The van der Waals surface area contributed by atoms with Gasteiger partial charge in [0.05, 0.1) is 0 Å². The van der Waals surface area contributed by atoms with Gasteiger partial charge in [0, 0.05) is 32.7 Å². The number of carbonyl (C=O) groups is 1. The van der Waals surface area contributed by atoms with Gasteiger partial charge in [-0.2, -0.15) is 6.42 Å². The molecule has 0 saturated carbocycles. The number of ketones is 1. The second kappa shape index (κ2) is 8.64. The summed E-state index contributed by atoms with van der Waals surface area (Å²) in [5, 5.41) is 0. The van der Waals surface area contributed by atoms with Crippen molar-refractivity contribution in [1.29, 1.82) is 0 Å². The minimum Gasteiger partial charge on any atom is -0.335 e. The van der Waals surface area contributed by atoms with Crippen LogP contribution in [-0.4, -0.2) is 5.78 Å². The predicted molar refractivity (Wildman–Crippen MR) is 34.5 cm³/mol. The molecule has 0 atom stereocenters. The van der Waals surface area contributed by atoms with Gasteiger partial charge in [0.1, 0.15) is 0 Å². The van der Waals surface area contributed by atoms with Crippen LogP contribution >= 0.6 is 0 Å². The van der Waals surface area contributed by atoms with Gasteiger partial charge in [-0.05, 0) is 12.7 Å². The van der Waals surface area contributed by atoms with Crippen LogP contribution in [0.15, 0.2) is 0 Å². The van der Waals surface area contributed by atoms with E-state index < -0.39 is 0 Å². The Bertz CT molecular complexity index is 71.3. The first-order chi connectivity index (χ1) is 3.77. The van der Waals surface area contributed by atoms with E-state index in [9.17, 15) is 4.79 Å². The van der Waals surface area contributed by atoms with Crippen molar-refractivity contribution in [3.05, 3.63) is 6.42 Å². The molecule has 0 bridgehead atoms. The van der Waals surface area contributed by atoms with Gasteiger partial charge in [0.25, 0.3) is 0 Å². The second-order valence-corrected chi connectivity index (χ2v) is 1.96. The van der Waals surface area contributed by atoms with Crippen molar-refractivity contribution in [1.82, 2.24) is 0 Å². The number of hydrogen-bond donors (Lipinski definition) is 0. The standard InChI is InChI=1S/C7H13O.Y/c1-3-4-5-6-7(2)8;/h6H,3-5H2,1-2H3;/q-1;. The molecule has 1 nitrogen and oxygen atoms in total. The summed E-state index contributed by atoms with van der Waals surface area (Å²) in [6, 6.07) is 0. The molecule has 0 aliphatic carbocycles. The third-order valence-electron chi connectivity index (χ3n) is 0.989. The molecule has 0 heterocycles. The molecular weight excluding hydrogens is 189 g/mol. The van der Waals surface area contributed by atoms with Crippen molar-refractivity contribution in [2.75, 3.05) is 0 Å². The van der Waals surface area contributed by atoms with E-state index in [1.807, 2.05) is 0 Å². The fourth-order valence-electron chi connectivity index (χ4n) is 0.509. The summed E-state index contributed by atoms with van der Waals surface area (Å²) in [7, 11) is 0. The summed E-state index contributed by atoms with van der Waals surface area (Å²) in [4.78, 5) is 10.3. The van der Waals surface area contributed by atoms with Crippen LogP contribution in [0.3, 0.4) is 0 Å². The van der Waals surface area contributed by atoms with E-state index >= 15 is 0 Å². The van der Waals surface area contributed by atoms with E-state index in [0.29, 0.717) is 0 Å². The molecule has 0 spiro atoms. The Balaban J connectivity index is 0. The van der Waals surface area contributed by atoms with Crippen LogP contribution in [0.5, 0.6) is 0 Å². The van der Waals surface area contributed by atoms with Gasteiger partial charge in [-0.1, -0.05) is 19.8 Å². The minimum atomic E-state index is 0. The molecule has 0 aromatic heterocycles. The molecule has 9 heavy (non-hydrogen) atoms. The van der Waals surface area contributed by atoms with Crippen molar-refractivity contribution in [2.45, 2.75) is 33.1 Å². The maximum Gasteiger partial charge on any atom is 0 e. The van der Waals surface area contributed by atoms with E-state index in [-0.39, 0.29) is 38.5 Å². The van der Waals surface area contributed by atoms with E-state index in [1.54, 1.807) is 13.3 Å². The van der Waals surface area contributed by atoms with Gasteiger partial charge in [-0.15, -0.1) is 0 Å². The first-order valence-corrected chi connectivity index (χ1v) is 3.11. The third kappa shape index (κ3) is 12.0. The van der Waals surface area contributed by atoms with Gasteiger partial charge in [-0.25, -0.2) is 0 Å². The molecule has 0 aliphatic heterocycles. The average molecular weight is 202 g/mol. The Morgan fingerprint density at radius 2 is 2.11 bits per heavy atom. The van der Waals surface area contributed by atoms with Crippen molar-refractivity contribution >= 4 is 5.78 Å². The monoisotopic (exact) mass is 202 g/mol. The zero-order valence-electron chi connectivity index (χ0n) is 6.18. The number of carbonyl (C=O) groups excluding carboxylic acids is 1. The molecule has 0 aromatic carbocycles. The zero-order valence-corrected chi connectivity index (χ0v) is 9.02. The maximum absolute atomic E-state index is 10.3. The first-order valence-electron chi connectivity index (χ1n) is 3.11. The number of unbranched alkanes of at least 4 members (excludes halogenated alkanes) is 2. The SMILES string of the molecule is CCCC[CH-]C(C)=O.[Y]. The molecule has 0 amide bonds. The topological polar surface area (TPSA) is 17.1 Å². The number of rotatable bonds is 4. The fourth-order valence-corrected chi connectivity index (χ4v) is 0.509. The third-order valence-corrected chi connectivity index (χ3v) is 0.989. The summed E-state index contributed by atoms with van der Waals surface area (Å²) in [6.45, 7) is 3.71. The summed E-state index contributed by atoms with van der Waals surface area (Å²) < 4.78 is 0. The summed E-state index contributed by atoms with van der Waals surface area (Å²) in [6.07, 6.45) is 5.00. The molecule has 0 N–H and O–H groups in total. The maximum atomic E-state index is 10.3. The summed E-state index contributed by atoms with van der Waals surface area (Å²) >= 11 is 0. The molecule has 51 valence electrons. The van der Waals surface area contributed by atoms with Crippen LogP contribution in [0.25, 0.3) is 0 Å². The van der Waals surface area contributed by atoms with E-state index in [2.05, 4.69) is 6.92 Å². The smallest absolute Gasteiger partial charge is 0 e. The summed E-state index contributed by atoms with van der Waals surface area (Å²) in [5.74, 6) is 0.193. The van der Waals surface area contributed by atoms with Crippen molar-refractivity contribution < 1.29 is 37.5 Å². The van der Waals surface area contributed by atoms with E-state index in [4.69, 9.17) is 0 Å². The van der Waals surface area contributed by atoms with Crippen molar-refractivity contribution in [3.63, 3.8) is 0 Å². The molecule has 0 saturated heterocycles. The quantitative estimate of drug-likeness (QED) is 0.503. The van der Waals surface area contributed by atoms with Crippen LogP contribution in [0, 0.1) is 6.42 Å². The predicted octanol–water partition coefficient (Wildman–Crippen LogP) is 1.97. The van der Waals surface area contributed by atoms with Crippen molar-refractivity contribution in [3.8, 4) is 0 Å². The summed E-state index contributed by atoms with van der Waals surface area (Å²) in [5.41, 5.74) is 0. The molecule has 0 unspecified atom stereocenters. The van der Waals surface area contributed by atoms with E-state index in [0.717, 1.165) is 12.8 Å². The zero-order chi connectivity index (χ0) is 6.41. The Morgan fingerprint density at radius 3 is 2.44 bits per heavy atom. The van der Waals surface area contributed by atoms with Crippen LogP contribution in [0.2, 0.25) is 0 Å². The van der Waals surface area contributed by atoms with Crippen LogP contribution in [0.1, 0.15) is 33.1 Å². The van der Waals surface area contributed by atoms with Gasteiger partial charge < -0.3 is 11.2 Å². The molecule has 2 heteroatoms. The fraction of sp³-hybridized carbons (Fsp3) is 0.714. The Hall–Kier alpha value is 0.644. The molecule has 0 rings (SSSR count). The Kier molecular flexibility index (Phi) is 11.8. The van der Waals surface area contributed by atoms with Crippen LogP contribution in [-0.2, 0) is 37.5 Å². The van der Waals surface area contributed by atoms with Crippen LogP contribution < -0.4 is 0 Å².